The molecule has 0 saturated heterocycles. The number of aromatic nitrogens is 1. The number of hydrazone groups is 1. The lowest BCUT2D eigenvalue weighted by molar-refractivity contribution is -0.564. The van der Waals surface area contributed by atoms with Gasteiger partial charge in [-0.05, 0) is 54.9 Å². The summed E-state index contributed by atoms with van der Waals surface area (Å²) in [6, 6.07) is 6.29. The number of carbonyl (C=O) groups excluding carboxylic acids is 2. The van der Waals surface area contributed by atoms with Crippen molar-refractivity contribution in [1.82, 2.24) is 15.7 Å². The first-order chi connectivity index (χ1) is 15.9. The van der Waals surface area contributed by atoms with E-state index in [0.29, 0.717) is 47.5 Å². The molecule has 5 atom stereocenters. The molecular formula is C24H30FN4O4+. The molecule has 2 amide bonds. The Morgan fingerprint density at radius 2 is 2.06 bits per heavy atom. The van der Waals surface area contributed by atoms with Crippen molar-refractivity contribution in [1.29, 1.82) is 0 Å². The van der Waals surface area contributed by atoms with Crippen LogP contribution in [0.5, 0.6) is 5.75 Å². The first-order valence-corrected chi connectivity index (χ1v) is 11.2. The molecule has 2 aliphatic rings. The van der Waals surface area contributed by atoms with E-state index in [0.717, 1.165) is 12.8 Å². The normalized spacial score (nSPS) is 24.1. The van der Waals surface area contributed by atoms with Gasteiger partial charge in [-0.1, -0.05) is 6.92 Å². The van der Waals surface area contributed by atoms with Crippen molar-refractivity contribution in [3.63, 3.8) is 0 Å². The number of methoxy groups -OCH3 is 1. The fourth-order valence-corrected chi connectivity index (χ4v) is 5.10. The van der Waals surface area contributed by atoms with Crippen molar-refractivity contribution >= 4 is 29.4 Å². The minimum absolute atomic E-state index is 0.0130. The van der Waals surface area contributed by atoms with Crippen LogP contribution in [-0.4, -0.2) is 61.1 Å². The van der Waals surface area contributed by atoms with Crippen LogP contribution in [0, 0.1) is 29.5 Å². The molecule has 0 radical (unpaired) electrons. The molecule has 0 bridgehead atoms. The molecule has 1 aromatic carbocycles. The zero-order chi connectivity index (χ0) is 23.5. The fraction of sp³-hybridized carbons (Fsp3) is 0.500. The maximum atomic E-state index is 13.7. The predicted molar refractivity (Wildman–Crippen MR) is 120 cm³/mol. The minimum Gasteiger partial charge on any atom is -0.490 e. The summed E-state index contributed by atoms with van der Waals surface area (Å²) in [5, 5.41) is 3.61. The number of rotatable bonds is 10. The average Bonchev–Trinajstić information content (AvgIpc) is 3.27. The third-order valence-electron chi connectivity index (χ3n) is 6.66. The number of nitrogens with zero attached hydrogens (tertiary/aromatic N) is 2. The Bertz CT molecular complexity index is 1050. The maximum absolute atomic E-state index is 13.7. The van der Waals surface area contributed by atoms with Crippen molar-refractivity contribution in [3.05, 3.63) is 36.3 Å². The lowest BCUT2D eigenvalue weighted by atomic mass is 9.97. The van der Waals surface area contributed by atoms with E-state index in [-0.39, 0.29) is 36.3 Å². The van der Waals surface area contributed by atoms with E-state index in [4.69, 9.17) is 9.47 Å². The molecule has 33 heavy (non-hydrogen) atoms. The van der Waals surface area contributed by atoms with Gasteiger partial charge in [0.25, 0.3) is 5.91 Å². The number of ether oxygens (including phenoxy) is 2. The molecule has 9 heteroatoms. The molecule has 2 saturated carbocycles. The van der Waals surface area contributed by atoms with Gasteiger partial charge in [-0.25, -0.2) is 4.39 Å². The minimum atomic E-state index is -0.311. The molecule has 1 aromatic heterocycles. The van der Waals surface area contributed by atoms with Gasteiger partial charge >= 0.3 is 0 Å². The van der Waals surface area contributed by atoms with Crippen LogP contribution in [0.4, 0.5) is 4.39 Å². The van der Waals surface area contributed by atoms with Crippen molar-refractivity contribution < 1.29 is 28.1 Å². The van der Waals surface area contributed by atoms with Gasteiger partial charge in [-0.3, -0.25) is 14.6 Å². The van der Waals surface area contributed by atoms with Crippen LogP contribution >= 0.6 is 0 Å². The molecule has 176 valence electrons. The Labute approximate surface area is 192 Å². The average molecular weight is 458 g/mol. The number of benzene rings is 1. The van der Waals surface area contributed by atoms with Crippen molar-refractivity contribution in [3.8, 4) is 5.75 Å². The molecule has 0 spiro atoms. The second-order valence-electron chi connectivity index (χ2n) is 8.90. The van der Waals surface area contributed by atoms with Crippen molar-refractivity contribution in [2.45, 2.75) is 25.9 Å². The second kappa shape index (κ2) is 9.82. The summed E-state index contributed by atoms with van der Waals surface area (Å²) in [5.74, 6) is 1.28. The fourth-order valence-electron chi connectivity index (χ4n) is 5.10. The van der Waals surface area contributed by atoms with E-state index in [1.165, 1.54) is 23.9 Å². The summed E-state index contributed by atoms with van der Waals surface area (Å²) >= 11 is 0. The molecule has 8 nitrogen and oxygen atoms in total. The molecule has 2 aromatic rings. The summed E-state index contributed by atoms with van der Waals surface area (Å²) in [7, 11) is 1.44. The first kappa shape index (κ1) is 23.1. The van der Waals surface area contributed by atoms with Gasteiger partial charge in [0.05, 0.1) is 18.2 Å². The summed E-state index contributed by atoms with van der Waals surface area (Å²) in [6.07, 6.45) is 3.53. The van der Waals surface area contributed by atoms with Crippen LogP contribution in [0.3, 0.4) is 0 Å². The molecule has 1 heterocycles. The number of amides is 2. The van der Waals surface area contributed by atoms with E-state index in [9.17, 15) is 14.0 Å². The summed E-state index contributed by atoms with van der Waals surface area (Å²) in [4.78, 5) is 28.3. The van der Waals surface area contributed by atoms with E-state index in [1.807, 2.05) is 6.92 Å². The lowest BCUT2D eigenvalue weighted by Crippen LogP contribution is -2.41. The Balaban J connectivity index is 1.22. The highest BCUT2D eigenvalue weighted by molar-refractivity contribution is 5.84. The van der Waals surface area contributed by atoms with Crippen LogP contribution in [0.15, 0.2) is 30.5 Å². The summed E-state index contributed by atoms with van der Waals surface area (Å²) in [6.45, 7) is 6.42. The van der Waals surface area contributed by atoms with Gasteiger partial charge in [-0.2, -0.15) is 0 Å². The number of halogens is 1. The van der Waals surface area contributed by atoms with Gasteiger partial charge in [0.2, 0.25) is 5.91 Å². The number of carbonyl (C=O) groups is 2. The van der Waals surface area contributed by atoms with Crippen LogP contribution in [-0.2, 0) is 14.3 Å². The van der Waals surface area contributed by atoms with Gasteiger partial charge in [0.15, 0.2) is 13.3 Å². The van der Waals surface area contributed by atoms with E-state index in [1.54, 1.807) is 18.3 Å². The SMILES string of the molecule is C=[N+](CCNC(=O)C(C)C1C2CC(Oc3ccnc4ccc(F)cc34)C[C@@H]21)NC(=O)COC. The zero-order valence-corrected chi connectivity index (χ0v) is 18.9. The van der Waals surface area contributed by atoms with Crippen LogP contribution in [0.25, 0.3) is 10.9 Å². The predicted octanol–water partition coefficient (Wildman–Crippen LogP) is 1.92. The Kier molecular flexibility index (Phi) is 6.88. The first-order valence-electron chi connectivity index (χ1n) is 11.2. The van der Waals surface area contributed by atoms with E-state index >= 15 is 0 Å². The van der Waals surface area contributed by atoms with Crippen LogP contribution < -0.4 is 15.5 Å². The van der Waals surface area contributed by atoms with E-state index in [2.05, 4.69) is 22.4 Å². The summed E-state index contributed by atoms with van der Waals surface area (Å²) < 4.78 is 26.0. The molecule has 4 rings (SSSR count). The third kappa shape index (κ3) is 5.30. The number of pyridine rings is 1. The highest BCUT2D eigenvalue weighted by atomic mass is 19.1. The van der Waals surface area contributed by atoms with E-state index < -0.39 is 0 Å². The standard InChI is InChI=1S/C24H29FN4O4/c1-14(24(31)27-8-9-29(2)28-22(30)13-32-3)23-17-11-16(12-18(17)23)33-21-6-7-26-20-5-4-15(25)10-19(20)21/h4-7,10,14,16-18,23H,2,8-9,11-13H2,1,3H3,(H-,27,28,30,31)/p+1/t14?,16?,17-,18?,23?/m0/s1. The monoisotopic (exact) mass is 457 g/mol. The highest BCUT2D eigenvalue weighted by Crippen LogP contribution is 2.61. The zero-order valence-electron chi connectivity index (χ0n) is 18.9. The smallest absolute Gasteiger partial charge is 0.299 e. The van der Waals surface area contributed by atoms with Gasteiger partial charge in [0, 0.05) is 24.6 Å². The summed E-state index contributed by atoms with van der Waals surface area (Å²) in [5.41, 5.74) is 3.27. The molecular weight excluding hydrogens is 427 g/mol. The van der Waals surface area contributed by atoms with Crippen LogP contribution in [0.2, 0.25) is 0 Å². The van der Waals surface area contributed by atoms with Gasteiger partial charge < -0.3 is 14.8 Å². The van der Waals surface area contributed by atoms with Crippen molar-refractivity contribution in [2.75, 3.05) is 26.8 Å². The lowest BCUT2D eigenvalue weighted by Gasteiger charge is -2.20. The Morgan fingerprint density at radius 3 is 2.79 bits per heavy atom. The largest absolute Gasteiger partial charge is 0.490 e. The molecule has 2 N–H and O–H groups in total. The van der Waals surface area contributed by atoms with Crippen LogP contribution in [0.1, 0.15) is 19.8 Å². The van der Waals surface area contributed by atoms with Gasteiger partial charge in [-0.15, -0.1) is 10.1 Å². The number of hydrogen-bond acceptors (Lipinski definition) is 5. The third-order valence-corrected chi connectivity index (χ3v) is 6.66. The molecule has 2 fully saturated rings. The molecule has 4 unspecified atom stereocenters. The Hall–Kier alpha value is -3.07. The number of fused-ring (bicyclic) bond motifs is 2. The number of nitrogens with one attached hydrogen (secondary N) is 2. The second-order valence-corrected chi connectivity index (χ2v) is 8.90. The topological polar surface area (TPSA) is 92.6 Å². The highest BCUT2D eigenvalue weighted by Gasteiger charge is 2.59. The Morgan fingerprint density at radius 1 is 1.30 bits per heavy atom. The van der Waals surface area contributed by atoms with Crippen molar-refractivity contribution in [2.24, 2.45) is 23.7 Å². The molecule has 2 aliphatic carbocycles. The quantitative estimate of drug-likeness (QED) is 0.323. The maximum Gasteiger partial charge on any atom is 0.299 e. The number of hydrogen-bond donors (Lipinski definition) is 2. The molecule has 0 aliphatic heterocycles. The van der Waals surface area contributed by atoms with Gasteiger partial charge in [0.1, 0.15) is 18.2 Å². The number of hydrazine groups is 1.